The highest BCUT2D eigenvalue weighted by molar-refractivity contribution is 7.07. The van der Waals surface area contributed by atoms with Crippen LogP contribution in [0.4, 0.5) is 5.82 Å². The number of rotatable bonds is 4. The van der Waals surface area contributed by atoms with Gasteiger partial charge in [-0.2, -0.15) is 5.26 Å². The summed E-state index contributed by atoms with van der Waals surface area (Å²) in [5.74, 6) is 0.296. The molecule has 1 saturated carbocycles. The minimum atomic E-state index is -0.286. The molecule has 0 spiro atoms. The van der Waals surface area contributed by atoms with Crippen LogP contribution >= 0.6 is 11.3 Å². The number of hydrogen-bond donors (Lipinski definition) is 1. The van der Waals surface area contributed by atoms with Crippen molar-refractivity contribution in [2.75, 3.05) is 5.32 Å². The van der Waals surface area contributed by atoms with E-state index in [-0.39, 0.29) is 17.3 Å². The van der Waals surface area contributed by atoms with E-state index < -0.39 is 0 Å². The minimum absolute atomic E-state index is 0.0405. The van der Waals surface area contributed by atoms with Gasteiger partial charge >= 0.3 is 4.87 Å². The molecule has 0 saturated heterocycles. The Hall–Kier alpha value is -2.33. The molecular weight excluding hydrogens is 336 g/mol. The SMILES string of the molecule is Cc1c(C#N)c(NC(=O)Cn2ccsc2=O)n(C2CCCCC2)c1C. The molecule has 0 unspecified atom stereocenters. The van der Waals surface area contributed by atoms with Crippen LogP contribution in [0.5, 0.6) is 0 Å². The number of carbonyl (C=O) groups is 1. The number of anilines is 1. The molecule has 1 aliphatic carbocycles. The molecule has 1 N–H and O–H groups in total. The van der Waals surface area contributed by atoms with Crippen molar-refractivity contribution in [3.8, 4) is 6.07 Å². The first-order chi connectivity index (χ1) is 12.0. The van der Waals surface area contributed by atoms with Crippen LogP contribution in [0.15, 0.2) is 16.4 Å². The molecule has 2 heterocycles. The molecule has 1 fully saturated rings. The second kappa shape index (κ2) is 7.28. The van der Waals surface area contributed by atoms with Crippen LogP contribution in [0.2, 0.25) is 0 Å². The van der Waals surface area contributed by atoms with Gasteiger partial charge in [0.25, 0.3) is 0 Å². The lowest BCUT2D eigenvalue weighted by Gasteiger charge is -2.27. The molecule has 0 bridgehead atoms. The highest BCUT2D eigenvalue weighted by Gasteiger charge is 2.25. The lowest BCUT2D eigenvalue weighted by Crippen LogP contribution is -2.26. The number of thiazole rings is 1. The summed E-state index contributed by atoms with van der Waals surface area (Å²) in [7, 11) is 0. The van der Waals surface area contributed by atoms with Crippen LogP contribution in [0.25, 0.3) is 0 Å². The molecule has 2 aromatic rings. The first kappa shape index (κ1) is 17.5. The highest BCUT2D eigenvalue weighted by atomic mass is 32.1. The number of carbonyl (C=O) groups excluding carboxylic acids is 1. The second-order valence-electron chi connectivity index (χ2n) is 6.55. The molecule has 3 rings (SSSR count). The van der Waals surface area contributed by atoms with Gasteiger partial charge in [-0.15, -0.1) is 0 Å². The van der Waals surface area contributed by atoms with Crippen molar-refractivity contribution in [1.82, 2.24) is 9.13 Å². The van der Waals surface area contributed by atoms with Crippen LogP contribution in [-0.2, 0) is 11.3 Å². The van der Waals surface area contributed by atoms with E-state index in [0.717, 1.165) is 35.4 Å². The van der Waals surface area contributed by atoms with Crippen molar-refractivity contribution >= 4 is 23.1 Å². The Labute approximate surface area is 150 Å². The molecule has 7 heteroatoms. The van der Waals surface area contributed by atoms with Crippen LogP contribution in [0.3, 0.4) is 0 Å². The molecule has 0 atom stereocenters. The van der Waals surface area contributed by atoms with E-state index in [0.29, 0.717) is 17.4 Å². The summed E-state index contributed by atoms with van der Waals surface area (Å²) in [6, 6.07) is 2.55. The summed E-state index contributed by atoms with van der Waals surface area (Å²) in [6.07, 6.45) is 7.30. The summed E-state index contributed by atoms with van der Waals surface area (Å²) >= 11 is 1.06. The predicted molar refractivity (Wildman–Crippen MR) is 98.0 cm³/mol. The van der Waals surface area contributed by atoms with Crippen molar-refractivity contribution in [2.45, 2.75) is 58.5 Å². The molecule has 0 radical (unpaired) electrons. The summed E-state index contributed by atoms with van der Waals surface area (Å²) in [4.78, 5) is 24.0. The summed E-state index contributed by atoms with van der Waals surface area (Å²) in [6.45, 7) is 3.89. The first-order valence-corrected chi connectivity index (χ1v) is 9.46. The maximum absolute atomic E-state index is 12.5. The molecular formula is C18H22N4O2S. The van der Waals surface area contributed by atoms with E-state index in [1.54, 1.807) is 11.6 Å². The van der Waals surface area contributed by atoms with Crippen molar-refractivity contribution in [1.29, 1.82) is 5.26 Å². The van der Waals surface area contributed by atoms with Gasteiger partial charge in [0, 0.05) is 23.3 Å². The van der Waals surface area contributed by atoms with Gasteiger partial charge in [0.1, 0.15) is 18.4 Å². The lowest BCUT2D eigenvalue weighted by molar-refractivity contribution is -0.116. The summed E-state index contributed by atoms with van der Waals surface area (Å²) in [5.41, 5.74) is 2.47. The Kier molecular flexibility index (Phi) is 5.09. The van der Waals surface area contributed by atoms with Crippen molar-refractivity contribution in [3.05, 3.63) is 38.1 Å². The van der Waals surface area contributed by atoms with Gasteiger partial charge < -0.3 is 9.88 Å². The van der Waals surface area contributed by atoms with E-state index in [4.69, 9.17) is 0 Å². The Morgan fingerprint density at radius 1 is 1.36 bits per heavy atom. The molecule has 0 aliphatic heterocycles. The van der Waals surface area contributed by atoms with Gasteiger partial charge in [-0.3, -0.25) is 14.2 Å². The van der Waals surface area contributed by atoms with Gasteiger partial charge in [-0.1, -0.05) is 30.6 Å². The summed E-state index contributed by atoms with van der Waals surface area (Å²) < 4.78 is 3.50. The van der Waals surface area contributed by atoms with Crippen molar-refractivity contribution in [3.63, 3.8) is 0 Å². The van der Waals surface area contributed by atoms with Gasteiger partial charge in [-0.25, -0.2) is 0 Å². The smallest absolute Gasteiger partial charge is 0.307 e. The number of nitrogens with zero attached hydrogens (tertiary/aromatic N) is 3. The third-order valence-electron chi connectivity index (χ3n) is 5.02. The Morgan fingerprint density at radius 3 is 2.68 bits per heavy atom. The Morgan fingerprint density at radius 2 is 2.08 bits per heavy atom. The average molecular weight is 358 g/mol. The maximum atomic E-state index is 12.5. The standard InChI is InChI=1S/C18H22N4O2S/c1-12-13(2)22(14-6-4-3-5-7-14)17(15(12)10-19)20-16(23)11-21-8-9-25-18(21)24/h8-9,14H,3-7,11H2,1-2H3,(H,20,23). The largest absolute Gasteiger partial charge is 0.327 e. The van der Waals surface area contributed by atoms with E-state index >= 15 is 0 Å². The van der Waals surface area contributed by atoms with Gasteiger partial charge in [-0.05, 0) is 32.3 Å². The van der Waals surface area contributed by atoms with Gasteiger partial charge in [0.15, 0.2) is 0 Å². The van der Waals surface area contributed by atoms with Crippen molar-refractivity contribution < 1.29 is 4.79 Å². The van der Waals surface area contributed by atoms with Crippen LogP contribution < -0.4 is 10.2 Å². The quantitative estimate of drug-likeness (QED) is 0.910. The maximum Gasteiger partial charge on any atom is 0.307 e. The fourth-order valence-electron chi connectivity index (χ4n) is 3.62. The molecule has 6 nitrogen and oxygen atoms in total. The van der Waals surface area contributed by atoms with E-state index in [1.807, 2.05) is 13.8 Å². The van der Waals surface area contributed by atoms with Crippen molar-refractivity contribution in [2.24, 2.45) is 0 Å². The zero-order valence-corrected chi connectivity index (χ0v) is 15.4. The molecule has 2 aromatic heterocycles. The number of nitrogens with one attached hydrogen (secondary N) is 1. The third kappa shape index (κ3) is 3.40. The van der Waals surface area contributed by atoms with E-state index in [9.17, 15) is 14.9 Å². The van der Waals surface area contributed by atoms with E-state index in [2.05, 4.69) is 16.0 Å². The zero-order valence-electron chi connectivity index (χ0n) is 14.5. The van der Waals surface area contributed by atoms with Crippen LogP contribution in [-0.4, -0.2) is 15.0 Å². The topological polar surface area (TPSA) is 79.8 Å². The monoisotopic (exact) mass is 358 g/mol. The second-order valence-corrected chi connectivity index (χ2v) is 7.41. The van der Waals surface area contributed by atoms with Gasteiger partial charge in [0.05, 0.1) is 5.56 Å². The van der Waals surface area contributed by atoms with Crippen LogP contribution in [0, 0.1) is 25.2 Å². The van der Waals surface area contributed by atoms with E-state index in [1.165, 1.54) is 23.8 Å². The fourth-order valence-corrected chi connectivity index (χ4v) is 4.20. The summed E-state index contributed by atoms with van der Waals surface area (Å²) in [5, 5.41) is 14.1. The third-order valence-corrected chi connectivity index (χ3v) is 5.72. The number of aromatic nitrogens is 2. The zero-order chi connectivity index (χ0) is 18.0. The number of amides is 1. The fraction of sp³-hybridized carbons (Fsp3) is 0.500. The average Bonchev–Trinajstić information content (AvgIpc) is 3.10. The first-order valence-electron chi connectivity index (χ1n) is 8.58. The molecule has 132 valence electrons. The Balaban J connectivity index is 1.92. The highest BCUT2D eigenvalue weighted by Crippen LogP contribution is 2.36. The minimum Gasteiger partial charge on any atom is -0.327 e. The molecule has 0 aromatic carbocycles. The normalized spacial score (nSPS) is 15.1. The molecule has 1 aliphatic rings. The number of nitriles is 1. The Bertz CT molecular complexity index is 878. The van der Waals surface area contributed by atoms with Crippen LogP contribution in [0.1, 0.15) is 55.0 Å². The number of hydrogen-bond acceptors (Lipinski definition) is 4. The van der Waals surface area contributed by atoms with Gasteiger partial charge in [0.2, 0.25) is 5.91 Å². The molecule has 1 amide bonds. The molecule has 25 heavy (non-hydrogen) atoms. The lowest BCUT2D eigenvalue weighted by atomic mass is 9.95. The predicted octanol–water partition coefficient (Wildman–Crippen LogP) is 3.34.